The number of carbonyl (C=O) groups is 1. The first-order valence-corrected chi connectivity index (χ1v) is 9.35. The van der Waals surface area contributed by atoms with Gasteiger partial charge in [-0.25, -0.2) is 0 Å². The highest BCUT2D eigenvalue weighted by molar-refractivity contribution is 6.03. The maximum Gasteiger partial charge on any atom is 0.419 e. The van der Waals surface area contributed by atoms with Gasteiger partial charge in [-0.2, -0.15) is 18.4 Å². The molecule has 2 N–H and O–H groups in total. The van der Waals surface area contributed by atoms with E-state index in [1.165, 1.54) is 25.2 Å². The number of halogens is 3. The van der Waals surface area contributed by atoms with Crippen LogP contribution in [0.15, 0.2) is 42.0 Å². The predicted molar refractivity (Wildman–Crippen MR) is 111 cm³/mol. The van der Waals surface area contributed by atoms with Crippen LogP contribution in [0.3, 0.4) is 0 Å². The number of aliphatic hydroxyl groups is 1. The van der Waals surface area contributed by atoms with Crippen molar-refractivity contribution in [3.05, 3.63) is 63.2 Å². The molecule has 13 heteroatoms. The third-order valence-corrected chi connectivity index (χ3v) is 4.53. The molecule has 0 aromatic heterocycles. The van der Waals surface area contributed by atoms with Gasteiger partial charge in [0, 0.05) is 18.7 Å². The van der Waals surface area contributed by atoms with Crippen molar-refractivity contribution in [1.29, 1.82) is 5.26 Å². The zero-order valence-electron chi connectivity index (χ0n) is 17.8. The van der Waals surface area contributed by atoms with Crippen LogP contribution >= 0.6 is 0 Å². The van der Waals surface area contributed by atoms with Crippen molar-refractivity contribution in [3.63, 3.8) is 0 Å². The molecule has 180 valence electrons. The van der Waals surface area contributed by atoms with Crippen molar-refractivity contribution in [2.45, 2.75) is 6.18 Å². The maximum atomic E-state index is 13.0. The van der Waals surface area contributed by atoms with Crippen LogP contribution < -0.4 is 9.47 Å². The Morgan fingerprint density at radius 3 is 2.47 bits per heavy atom. The van der Waals surface area contributed by atoms with Crippen molar-refractivity contribution >= 4 is 17.4 Å². The van der Waals surface area contributed by atoms with Gasteiger partial charge < -0.3 is 24.6 Å². The first kappa shape index (κ1) is 25.8. The summed E-state index contributed by atoms with van der Waals surface area (Å²) in [4.78, 5) is 23.7. The highest BCUT2D eigenvalue weighted by atomic mass is 19.4. The molecule has 0 aliphatic heterocycles. The van der Waals surface area contributed by atoms with Gasteiger partial charge in [0.25, 0.3) is 5.91 Å². The van der Waals surface area contributed by atoms with Crippen LogP contribution in [0, 0.1) is 21.4 Å². The van der Waals surface area contributed by atoms with E-state index in [1.807, 2.05) is 0 Å². The number of benzene rings is 2. The summed E-state index contributed by atoms with van der Waals surface area (Å²) in [5.41, 5.74) is -2.99. The second kappa shape index (κ2) is 10.4. The van der Waals surface area contributed by atoms with Crippen LogP contribution in [0.25, 0.3) is 5.76 Å². The molecule has 0 spiro atoms. The lowest BCUT2D eigenvalue weighted by molar-refractivity contribution is -0.386. The molecule has 10 nitrogen and oxygen atoms in total. The summed E-state index contributed by atoms with van der Waals surface area (Å²) in [6.07, 6.45) is -4.64. The van der Waals surface area contributed by atoms with E-state index in [0.29, 0.717) is 0 Å². The first-order valence-electron chi connectivity index (χ1n) is 9.35. The Morgan fingerprint density at radius 2 is 1.91 bits per heavy atom. The molecular weight excluding hydrogens is 463 g/mol. The van der Waals surface area contributed by atoms with E-state index in [1.54, 1.807) is 0 Å². The van der Waals surface area contributed by atoms with Gasteiger partial charge >= 0.3 is 11.9 Å². The van der Waals surface area contributed by atoms with E-state index < -0.39 is 51.1 Å². The minimum atomic E-state index is -4.64. The van der Waals surface area contributed by atoms with Crippen molar-refractivity contribution in [2.75, 3.05) is 27.3 Å². The molecule has 0 fully saturated rings. The highest BCUT2D eigenvalue weighted by Crippen LogP contribution is 2.39. The first-order chi connectivity index (χ1) is 15.9. The van der Waals surface area contributed by atoms with Crippen molar-refractivity contribution in [1.82, 2.24) is 4.90 Å². The summed E-state index contributed by atoms with van der Waals surface area (Å²) >= 11 is 0. The summed E-state index contributed by atoms with van der Waals surface area (Å²) in [6, 6.07) is 7.72. The number of ether oxygens (including phenoxy) is 2. The largest absolute Gasteiger partial charge is 0.506 e. The Balaban J connectivity index is 2.25. The Labute approximate surface area is 190 Å². The average Bonchev–Trinajstić information content (AvgIpc) is 2.78. The lowest BCUT2D eigenvalue weighted by Gasteiger charge is -2.19. The normalized spacial score (nSPS) is 11.8. The van der Waals surface area contributed by atoms with Gasteiger partial charge in [0.2, 0.25) is 5.75 Å². The molecule has 0 bridgehead atoms. The number of phenols is 1. The summed E-state index contributed by atoms with van der Waals surface area (Å²) in [7, 11) is 2.32. The molecule has 0 saturated heterocycles. The van der Waals surface area contributed by atoms with E-state index in [0.717, 1.165) is 36.3 Å². The summed E-state index contributed by atoms with van der Waals surface area (Å²) in [6.45, 7) is -0.629. The average molecular weight is 481 g/mol. The number of nitrogens with zero attached hydrogens (tertiary/aromatic N) is 3. The number of nitriles is 1. The number of phenolic OH excluding ortho intramolecular Hbond substituents is 1. The fraction of sp³-hybridized carbons (Fsp3) is 0.238. The molecule has 0 radical (unpaired) electrons. The second-order valence-corrected chi connectivity index (χ2v) is 6.71. The summed E-state index contributed by atoms with van der Waals surface area (Å²) < 4.78 is 49.1. The number of methoxy groups -OCH3 is 1. The van der Waals surface area contributed by atoms with Crippen molar-refractivity contribution in [3.8, 4) is 23.3 Å². The fourth-order valence-electron chi connectivity index (χ4n) is 2.78. The molecule has 2 aromatic carbocycles. The van der Waals surface area contributed by atoms with Gasteiger partial charge in [-0.1, -0.05) is 12.1 Å². The van der Waals surface area contributed by atoms with Gasteiger partial charge in [0.05, 0.1) is 24.1 Å². The van der Waals surface area contributed by atoms with Crippen LogP contribution in [-0.2, 0) is 11.0 Å². The fourth-order valence-corrected chi connectivity index (χ4v) is 2.78. The van der Waals surface area contributed by atoms with Gasteiger partial charge in [-0.3, -0.25) is 14.9 Å². The third kappa shape index (κ3) is 5.66. The van der Waals surface area contributed by atoms with Crippen LogP contribution in [-0.4, -0.2) is 53.3 Å². The monoisotopic (exact) mass is 481 g/mol. The highest BCUT2D eigenvalue weighted by Gasteiger charge is 2.34. The SMILES string of the molecule is COc1cc(/C(O)=C(\C#N)C(=O)N(C)CCOc2ccccc2C(F)(F)F)cc([N+](=O)[O-])c1O. The van der Waals surface area contributed by atoms with Gasteiger partial charge in [-0.05, 0) is 18.2 Å². The number of alkyl halides is 3. The number of aliphatic hydroxyl groups excluding tert-OH is 1. The predicted octanol–water partition coefficient (Wildman–Crippen LogP) is 3.66. The zero-order chi connectivity index (χ0) is 25.6. The smallest absolute Gasteiger partial charge is 0.419 e. The molecule has 0 aliphatic carbocycles. The standard InChI is InChI=1S/C21H18F3N3O7/c1-26(7-8-34-16-6-4-3-5-14(16)21(22,23)24)20(30)13(11-25)18(28)12-9-15(27(31)32)19(29)17(10-12)33-2/h3-6,9-10,28-29H,7-8H2,1-2H3/b18-13-. The lowest BCUT2D eigenvalue weighted by Crippen LogP contribution is -2.32. The third-order valence-electron chi connectivity index (χ3n) is 4.53. The number of nitro groups is 1. The Bertz CT molecular complexity index is 1170. The van der Waals surface area contributed by atoms with Crippen molar-refractivity contribution < 1.29 is 42.6 Å². The summed E-state index contributed by atoms with van der Waals surface area (Å²) in [5, 5.41) is 40.8. The number of nitro benzene ring substituents is 1. The van der Waals surface area contributed by atoms with E-state index in [2.05, 4.69) is 0 Å². The minimum absolute atomic E-state index is 0.261. The van der Waals surface area contributed by atoms with Crippen LogP contribution in [0.1, 0.15) is 11.1 Å². The maximum absolute atomic E-state index is 13.0. The zero-order valence-corrected chi connectivity index (χ0v) is 17.8. The molecule has 2 rings (SSSR count). The quantitative estimate of drug-likeness (QED) is 0.191. The van der Waals surface area contributed by atoms with Crippen LogP contribution in [0.5, 0.6) is 17.2 Å². The number of amides is 1. The van der Waals surface area contributed by atoms with Gasteiger partial charge in [0.15, 0.2) is 11.3 Å². The van der Waals surface area contributed by atoms with E-state index in [4.69, 9.17) is 9.47 Å². The molecule has 0 unspecified atom stereocenters. The number of hydrogen-bond acceptors (Lipinski definition) is 8. The summed E-state index contributed by atoms with van der Waals surface area (Å²) in [5.74, 6) is -3.60. The second-order valence-electron chi connectivity index (χ2n) is 6.71. The number of rotatable bonds is 8. The number of aromatic hydroxyl groups is 1. The lowest BCUT2D eigenvalue weighted by atomic mass is 10.1. The van der Waals surface area contributed by atoms with Gasteiger partial charge in [0.1, 0.15) is 24.2 Å². The van der Waals surface area contributed by atoms with Crippen LogP contribution in [0.4, 0.5) is 18.9 Å². The number of carbonyl (C=O) groups excluding carboxylic acids is 1. The van der Waals surface area contributed by atoms with Crippen LogP contribution in [0.2, 0.25) is 0 Å². The number of hydrogen-bond donors (Lipinski definition) is 2. The topological polar surface area (TPSA) is 146 Å². The Hall–Kier alpha value is -4.47. The van der Waals surface area contributed by atoms with E-state index in [9.17, 15) is 43.6 Å². The molecule has 2 aromatic rings. The number of para-hydroxylation sites is 1. The molecule has 1 amide bonds. The molecule has 0 aliphatic rings. The number of likely N-dealkylation sites (N-methyl/N-ethyl adjacent to an activating group) is 1. The minimum Gasteiger partial charge on any atom is -0.506 e. The van der Waals surface area contributed by atoms with Crippen molar-refractivity contribution in [2.24, 2.45) is 0 Å². The van der Waals surface area contributed by atoms with E-state index in [-0.39, 0.29) is 24.5 Å². The molecule has 0 atom stereocenters. The van der Waals surface area contributed by atoms with Gasteiger partial charge in [-0.15, -0.1) is 0 Å². The molecule has 0 heterocycles. The Kier molecular flexibility index (Phi) is 7.91. The molecule has 34 heavy (non-hydrogen) atoms. The molecular formula is C21H18F3N3O7. The van der Waals surface area contributed by atoms with E-state index >= 15 is 0 Å². The Morgan fingerprint density at radius 1 is 1.26 bits per heavy atom. The molecule has 0 saturated carbocycles.